The second-order valence-corrected chi connectivity index (χ2v) is 25.2. The quantitative estimate of drug-likeness (QED) is 0.0789. The Morgan fingerprint density at radius 3 is 1.21 bits per heavy atom. The fraction of sp³-hybridized carbons (Fsp3) is 0.176. The van der Waals surface area contributed by atoms with E-state index < -0.39 is 0 Å². The lowest BCUT2D eigenvalue weighted by Crippen LogP contribution is -2.27. The zero-order valence-corrected chi connectivity index (χ0v) is 57.9. The van der Waals surface area contributed by atoms with E-state index in [-0.39, 0.29) is 41.4 Å². The Hall–Kier alpha value is -12.2. The standard InChI is InChI=1S/C19H15ClN2O.C18H20N2O.C17H14N2O3.C16H16N2O.C15H14N2O/c20-17-9-6-16(7-10-17)14-19(23)22-13-12-18(21-22)11-8-15-4-2-1-3-5-15;21-18(14-16-8-4-5-9-16)20-13-12-17(19-20)11-10-15-6-2-1-3-7-15;1-21-15-7-4-13(5-8-15)17(20)19-11-10-14(18-19)6-9-16-3-2-12-22-16;19-16(14-7-4-8-14)18-12-11-15(17-18)10-9-13-5-2-1-3-6-13;18-15(13-7-8-13)17-11-10-14(16-17)9-6-12-4-2-1-3-5-12/h1-13H,14H2;1-3,6-7,10-13,16H,4-5,8-9,14H2;2-12H,1H3;1-3,5-6,9-12,14H,4,7-8H2;1-6,9-11,13H,7-8H2/b11-8+;11-10+;9-6+;10-9+;9-6+. The van der Waals surface area contributed by atoms with E-state index in [0.717, 1.165) is 82.0 Å². The van der Waals surface area contributed by atoms with Crippen molar-refractivity contribution in [1.29, 1.82) is 0 Å². The molecule has 15 rings (SSSR count). The van der Waals surface area contributed by atoms with Gasteiger partial charge in [0.15, 0.2) is 0 Å². The smallest absolute Gasteiger partial charge is 0.278 e. The maximum Gasteiger partial charge on any atom is 0.278 e. The van der Waals surface area contributed by atoms with E-state index >= 15 is 0 Å². The van der Waals surface area contributed by atoms with Gasteiger partial charge in [-0.1, -0.05) is 189 Å². The van der Waals surface area contributed by atoms with Gasteiger partial charge in [-0.3, -0.25) is 24.0 Å². The molecule has 3 saturated carbocycles. The number of hydrogen-bond acceptors (Lipinski definition) is 12. The van der Waals surface area contributed by atoms with Crippen molar-refractivity contribution < 1.29 is 33.1 Å². The van der Waals surface area contributed by atoms with Gasteiger partial charge in [0.05, 0.1) is 48.3 Å². The molecule has 3 aliphatic rings. The Bertz CT molecular complexity index is 4820. The summed E-state index contributed by atoms with van der Waals surface area (Å²) < 4.78 is 17.4. The van der Waals surface area contributed by atoms with Crippen LogP contribution in [0.4, 0.5) is 0 Å². The van der Waals surface area contributed by atoms with Crippen LogP contribution in [0.15, 0.2) is 254 Å². The van der Waals surface area contributed by atoms with Crippen molar-refractivity contribution in [3.8, 4) is 5.75 Å². The summed E-state index contributed by atoms with van der Waals surface area (Å²) in [5.41, 5.74) is 9.81. The SMILES string of the molecule is COc1ccc(C(=O)n2ccc(/C=C/c3ccco3)n2)cc1.O=C(C1CC1)n1ccc(/C=C/c2ccccc2)n1.O=C(C1CCC1)n1ccc(/C=C/c2ccccc2)n1.O=C(CC1CCCC1)n1ccc(/C=C/c2ccccc2)n1.O=C(Cc1ccc(Cl)cc1)n1ccc(/C=C/c2ccccc2)n1. The molecule has 0 saturated heterocycles. The summed E-state index contributed by atoms with van der Waals surface area (Å²) >= 11 is 5.84. The Morgan fingerprint density at radius 2 is 0.806 bits per heavy atom. The van der Waals surface area contributed by atoms with Crippen molar-refractivity contribution in [3.05, 3.63) is 322 Å². The number of benzene rings is 6. The van der Waals surface area contributed by atoms with Crippen LogP contribution in [0, 0.1) is 17.8 Å². The molecule has 6 aromatic carbocycles. The summed E-state index contributed by atoms with van der Waals surface area (Å²) in [6.45, 7) is 0. The first-order chi connectivity index (χ1) is 50.4. The van der Waals surface area contributed by atoms with Gasteiger partial charge in [0, 0.05) is 59.8 Å². The first-order valence-corrected chi connectivity index (χ1v) is 34.8. The van der Waals surface area contributed by atoms with Crippen LogP contribution in [0.25, 0.3) is 60.8 Å². The molecule has 0 aliphatic heterocycles. The lowest BCUT2D eigenvalue weighted by atomic mass is 9.85. The maximum atomic E-state index is 12.3. The summed E-state index contributed by atoms with van der Waals surface area (Å²) in [7, 11) is 1.59. The summed E-state index contributed by atoms with van der Waals surface area (Å²) in [5.74, 6) is 2.48. The van der Waals surface area contributed by atoms with Gasteiger partial charge in [0.25, 0.3) is 11.8 Å². The molecular formula is C85H79ClN10O7. The van der Waals surface area contributed by atoms with Crippen molar-refractivity contribution in [2.45, 2.75) is 70.6 Å². The molecule has 3 fully saturated rings. The van der Waals surface area contributed by atoms with Gasteiger partial charge in [-0.05, 0) is 188 Å². The van der Waals surface area contributed by atoms with E-state index in [1.54, 1.807) is 99.0 Å². The molecular weight excluding hydrogens is 1310 g/mol. The first-order valence-electron chi connectivity index (χ1n) is 34.4. The molecule has 0 N–H and O–H groups in total. The van der Waals surface area contributed by atoms with Gasteiger partial charge in [-0.2, -0.15) is 25.5 Å². The van der Waals surface area contributed by atoms with Crippen molar-refractivity contribution in [1.82, 2.24) is 48.9 Å². The summed E-state index contributed by atoms with van der Waals surface area (Å²) in [6.07, 6.45) is 40.4. The second-order valence-electron chi connectivity index (χ2n) is 24.8. The number of rotatable bonds is 18. The Kier molecular flexibility index (Phi) is 26.1. The summed E-state index contributed by atoms with van der Waals surface area (Å²) in [5, 5.41) is 22.1. The number of carbonyl (C=O) groups excluding carboxylic acids is 5. The molecule has 0 bridgehead atoms. The Balaban J connectivity index is 0.000000129. The largest absolute Gasteiger partial charge is 0.497 e. The third-order valence-electron chi connectivity index (χ3n) is 17.1. The fourth-order valence-corrected chi connectivity index (χ4v) is 11.1. The lowest BCUT2D eigenvalue weighted by molar-refractivity contribution is 0.0745. The minimum absolute atomic E-state index is 0.0771. The third kappa shape index (κ3) is 22.7. The lowest BCUT2D eigenvalue weighted by Gasteiger charge is -2.22. The van der Waals surface area contributed by atoms with Crippen molar-refractivity contribution in [2.24, 2.45) is 17.8 Å². The normalized spacial score (nSPS) is 13.5. The topological polar surface area (TPSA) is 197 Å². The van der Waals surface area contributed by atoms with Crippen molar-refractivity contribution in [2.75, 3.05) is 7.11 Å². The molecule has 103 heavy (non-hydrogen) atoms. The van der Waals surface area contributed by atoms with E-state index in [1.807, 2.05) is 218 Å². The molecule has 6 heterocycles. The predicted molar refractivity (Wildman–Crippen MR) is 407 cm³/mol. The van der Waals surface area contributed by atoms with Gasteiger partial charge in [-0.15, -0.1) is 0 Å². The number of methoxy groups -OCH3 is 1. The highest BCUT2D eigenvalue weighted by Crippen LogP contribution is 2.31. The van der Waals surface area contributed by atoms with Crippen LogP contribution in [0.1, 0.15) is 156 Å². The Labute approximate surface area is 604 Å². The van der Waals surface area contributed by atoms with Crippen LogP contribution in [0.3, 0.4) is 0 Å². The van der Waals surface area contributed by atoms with Crippen LogP contribution >= 0.6 is 11.6 Å². The molecule has 3 aliphatic carbocycles. The van der Waals surface area contributed by atoms with E-state index in [4.69, 9.17) is 20.8 Å². The molecule has 0 atom stereocenters. The molecule has 0 amide bonds. The van der Waals surface area contributed by atoms with E-state index in [0.29, 0.717) is 40.8 Å². The average molecular weight is 1390 g/mol. The molecule has 0 radical (unpaired) electrons. The highest BCUT2D eigenvalue weighted by atomic mass is 35.5. The minimum Gasteiger partial charge on any atom is -0.497 e. The van der Waals surface area contributed by atoms with Crippen molar-refractivity contribution >= 4 is 102 Å². The van der Waals surface area contributed by atoms with E-state index in [9.17, 15) is 24.0 Å². The Morgan fingerprint density at radius 1 is 0.408 bits per heavy atom. The van der Waals surface area contributed by atoms with Crippen molar-refractivity contribution in [3.63, 3.8) is 0 Å². The zero-order chi connectivity index (χ0) is 71.4. The van der Waals surface area contributed by atoms with Crippen LogP contribution in [0.2, 0.25) is 5.02 Å². The fourth-order valence-electron chi connectivity index (χ4n) is 10.9. The second kappa shape index (κ2) is 37.3. The molecule has 0 spiro atoms. The van der Waals surface area contributed by atoms with Gasteiger partial charge in [-0.25, -0.2) is 23.4 Å². The number of hydrogen-bond donors (Lipinski definition) is 0. The van der Waals surface area contributed by atoms with Gasteiger partial charge >= 0.3 is 0 Å². The summed E-state index contributed by atoms with van der Waals surface area (Å²) in [4.78, 5) is 60.5. The summed E-state index contributed by atoms with van der Waals surface area (Å²) in [6, 6.07) is 67.1. The number of ether oxygens (including phenoxy) is 1. The monoisotopic (exact) mass is 1390 g/mol. The van der Waals surface area contributed by atoms with Crippen LogP contribution in [0.5, 0.6) is 5.75 Å². The third-order valence-corrected chi connectivity index (χ3v) is 17.3. The zero-order valence-electron chi connectivity index (χ0n) is 57.2. The average Bonchev–Trinajstić information content (AvgIpc) is 1.76. The van der Waals surface area contributed by atoms with Crippen LogP contribution < -0.4 is 4.74 Å². The van der Waals surface area contributed by atoms with E-state index in [2.05, 4.69) is 25.5 Å². The molecule has 12 aromatic rings. The van der Waals surface area contributed by atoms with Gasteiger partial charge in [0.1, 0.15) is 11.5 Å². The van der Waals surface area contributed by atoms with Gasteiger partial charge in [0.2, 0.25) is 17.7 Å². The highest BCUT2D eigenvalue weighted by Gasteiger charge is 2.31. The molecule has 18 heteroatoms. The number of aromatic nitrogens is 10. The van der Waals surface area contributed by atoms with Gasteiger partial charge < -0.3 is 9.15 Å². The number of carbonyl (C=O) groups is 5. The number of furan rings is 1. The molecule has 6 aromatic heterocycles. The van der Waals surface area contributed by atoms with Crippen LogP contribution in [-0.2, 0) is 6.42 Å². The first kappa shape index (κ1) is 72.1. The minimum atomic E-state index is -0.194. The maximum absolute atomic E-state index is 12.3. The number of halogens is 1. The molecule has 0 unspecified atom stereocenters. The predicted octanol–water partition coefficient (Wildman–Crippen LogP) is 18.8. The molecule has 17 nitrogen and oxygen atoms in total. The van der Waals surface area contributed by atoms with E-state index in [1.165, 1.54) is 55.5 Å². The molecule has 518 valence electrons. The van der Waals surface area contributed by atoms with Crippen LogP contribution in [-0.4, -0.2) is 85.5 Å². The number of nitrogens with zero attached hydrogens (tertiary/aromatic N) is 10. The highest BCUT2D eigenvalue weighted by molar-refractivity contribution is 6.30.